The van der Waals surface area contributed by atoms with Gasteiger partial charge in [-0.2, -0.15) is 0 Å². The average Bonchev–Trinajstić information content (AvgIpc) is 3.04. The van der Waals surface area contributed by atoms with Gasteiger partial charge in [0.1, 0.15) is 17.5 Å². The van der Waals surface area contributed by atoms with Crippen LogP contribution in [0.15, 0.2) is 94.9 Å². The summed E-state index contributed by atoms with van der Waals surface area (Å²) in [7, 11) is 0. The van der Waals surface area contributed by atoms with E-state index < -0.39 is 0 Å². The molecule has 4 aromatic carbocycles. The number of amidine groups is 2. The Morgan fingerprint density at radius 2 is 1.11 bits per heavy atom. The third-order valence-electron chi connectivity index (χ3n) is 8.91. The zero-order valence-electron chi connectivity index (χ0n) is 28.8. The van der Waals surface area contributed by atoms with Crippen LogP contribution in [0.3, 0.4) is 0 Å². The van der Waals surface area contributed by atoms with Crippen molar-refractivity contribution in [1.82, 2.24) is 9.80 Å². The summed E-state index contributed by atoms with van der Waals surface area (Å²) in [5.74, 6) is 2.60. The standard InChI is InChI=1S/C41H49FN4/c1-27(2)34-24-36(28(3)4)39(37(25-34)29(5)6)44-41(33-18-20-35(42)21-19-33)46-23-13-22-45(26-46)40(32-16-10-9-11-17-32)43-38-30(7)14-12-15-31(38)8/h9-12,14-21,24-25,27-29H,13,22-23,26H2,1-8H3. The van der Waals surface area contributed by atoms with Crippen LogP contribution in [0.1, 0.15) is 105 Å². The maximum Gasteiger partial charge on any atom is 0.137 e. The summed E-state index contributed by atoms with van der Waals surface area (Å²) in [4.78, 5) is 15.6. The number of rotatable bonds is 7. The summed E-state index contributed by atoms with van der Waals surface area (Å²) in [6, 6.07) is 28.3. The first kappa shape index (κ1) is 33.1. The molecule has 5 heteroatoms. The van der Waals surface area contributed by atoms with Gasteiger partial charge < -0.3 is 9.80 Å². The molecule has 0 atom stereocenters. The first-order valence-corrected chi connectivity index (χ1v) is 16.8. The quantitative estimate of drug-likeness (QED) is 0.153. The van der Waals surface area contributed by atoms with E-state index in [2.05, 4.69) is 120 Å². The van der Waals surface area contributed by atoms with Gasteiger partial charge in [0.2, 0.25) is 0 Å². The molecule has 0 radical (unpaired) electrons. The van der Waals surface area contributed by atoms with E-state index in [-0.39, 0.29) is 5.82 Å². The monoisotopic (exact) mass is 616 g/mol. The van der Waals surface area contributed by atoms with Gasteiger partial charge in [0.15, 0.2) is 0 Å². The van der Waals surface area contributed by atoms with Gasteiger partial charge in [-0.15, -0.1) is 0 Å². The summed E-state index contributed by atoms with van der Waals surface area (Å²) in [5, 5.41) is 0. The van der Waals surface area contributed by atoms with Gasteiger partial charge in [-0.1, -0.05) is 102 Å². The molecule has 1 heterocycles. The van der Waals surface area contributed by atoms with Crippen molar-refractivity contribution in [1.29, 1.82) is 0 Å². The topological polar surface area (TPSA) is 31.2 Å². The second-order valence-corrected chi connectivity index (χ2v) is 13.5. The molecule has 5 rings (SSSR count). The first-order valence-electron chi connectivity index (χ1n) is 16.8. The fourth-order valence-electron chi connectivity index (χ4n) is 6.21. The lowest BCUT2D eigenvalue weighted by Gasteiger charge is -2.39. The van der Waals surface area contributed by atoms with E-state index in [9.17, 15) is 4.39 Å². The Morgan fingerprint density at radius 3 is 1.61 bits per heavy atom. The van der Waals surface area contributed by atoms with Crippen LogP contribution in [0.25, 0.3) is 0 Å². The van der Waals surface area contributed by atoms with E-state index in [0.29, 0.717) is 24.4 Å². The van der Waals surface area contributed by atoms with Gasteiger partial charge >= 0.3 is 0 Å². The number of halogens is 1. The van der Waals surface area contributed by atoms with E-state index >= 15 is 0 Å². The molecule has 46 heavy (non-hydrogen) atoms. The molecule has 0 N–H and O–H groups in total. The van der Waals surface area contributed by atoms with Crippen molar-refractivity contribution >= 4 is 23.0 Å². The largest absolute Gasteiger partial charge is 0.338 e. The van der Waals surface area contributed by atoms with E-state index in [1.54, 1.807) is 12.1 Å². The van der Waals surface area contributed by atoms with E-state index in [1.165, 1.54) is 16.7 Å². The van der Waals surface area contributed by atoms with Crippen molar-refractivity contribution in [2.24, 2.45) is 9.98 Å². The number of benzene rings is 4. The summed E-state index contributed by atoms with van der Waals surface area (Å²) in [5.41, 5.74) is 10.2. The fraction of sp³-hybridized carbons (Fsp3) is 0.366. The zero-order chi connectivity index (χ0) is 33.0. The number of hydrogen-bond acceptors (Lipinski definition) is 2. The van der Waals surface area contributed by atoms with Crippen LogP contribution in [0.2, 0.25) is 0 Å². The van der Waals surface area contributed by atoms with Crippen LogP contribution in [-0.2, 0) is 0 Å². The minimum atomic E-state index is -0.248. The molecule has 0 aromatic heterocycles. The number of aryl methyl sites for hydroxylation is 2. The highest BCUT2D eigenvalue weighted by atomic mass is 19.1. The second-order valence-electron chi connectivity index (χ2n) is 13.5. The molecule has 1 aliphatic heterocycles. The van der Waals surface area contributed by atoms with Crippen LogP contribution >= 0.6 is 0 Å². The maximum atomic E-state index is 14.2. The Morgan fingerprint density at radius 1 is 0.609 bits per heavy atom. The summed E-state index contributed by atoms with van der Waals surface area (Å²) < 4.78 is 14.2. The molecular formula is C41H49FN4. The van der Waals surface area contributed by atoms with Crippen molar-refractivity contribution in [3.8, 4) is 0 Å². The third kappa shape index (κ3) is 7.41. The Labute approximate surface area is 275 Å². The molecular weight excluding hydrogens is 567 g/mol. The van der Waals surface area contributed by atoms with Crippen molar-refractivity contribution in [2.45, 2.75) is 79.6 Å². The number of nitrogens with zero attached hydrogens (tertiary/aromatic N) is 4. The molecule has 0 unspecified atom stereocenters. The Hall–Kier alpha value is -4.25. The van der Waals surface area contributed by atoms with Crippen molar-refractivity contribution in [3.05, 3.63) is 130 Å². The molecule has 0 spiro atoms. The minimum absolute atomic E-state index is 0.248. The van der Waals surface area contributed by atoms with E-state index in [0.717, 1.165) is 64.8 Å². The molecule has 0 bridgehead atoms. The van der Waals surface area contributed by atoms with Gasteiger partial charge in [0.25, 0.3) is 0 Å². The van der Waals surface area contributed by atoms with Crippen molar-refractivity contribution < 1.29 is 4.39 Å². The smallest absolute Gasteiger partial charge is 0.137 e. The lowest BCUT2D eigenvalue weighted by atomic mass is 9.87. The molecule has 4 nitrogen and oxygen atoms in total. The number of hydrogen-bond donors (Lipinski definition) is 0. The van der Waals surface area contributed by atoms with Crippen LogP contribution in [-0.4, -0.2) is 41.2 Å². The van der Waals surface area contributed by atoms with Crippen LogP contribution < -0.4 is 0 Å². The molecule has 0 saturated carbocycles. The van der Waals surface area contributed by atoms with Crippen LogP contribution in [0.5, 0.6) is 0 Å². The van der Waals surface area contributed by atoms with Crippen LogP contribution in [0.4, 0.5) is 15.8 Å². The SMILES string of the molecule is Cc1cccc(C)c1N=C(c1ccccc1)N1CCCN(C(=Nc2c(C(C)C)cc(C(C)C)cc2C(C)C)c2ccc(F)cc2)C1. The van der Waals surface area contributed by atoms with Gasteiger partial charge in [-0.05, 0) is 90.1 Å². The lowest BCUT2D eigenvalue weighted by molar-refractivity contribution is 0.214. The summed E-state index contributed by atoms with van der Waals surface area (Å²) in [6.07, 6.45) is 0.944. The van der Waals surface area contributed by atoms with E-state index in [4.69, 9.17) is 9.98 Å². The Kier molecular flexibility index (Phi) is 10.4. The molecule has 0 amide bonds. The Bertz CT molecular complexity index is 1650. The van der Waals surface area contributed by atoms with E-state index in [1.807, 2.05) is 18.2 Å². The third-order valence-corrected chi connectivity index (χ3v) is 8.91. The molecule has 4 aromatic rings. The average molecular weight is 617 g/mol. The molecule has 1 saturated heterocycles. The van der Waals surface area contributed by atoms with Crippen molar-refractivity contribution in [2.75, 3.05) is 19.8 Å². The van der Waals surface area contributed by atoms with Gasteiger partial charge in [0.05, 0.1) is 18.0 Å². The van der Waals surface area contributed by atoms with Crippen LogP contribution in [0, 0.1) is 19.7 Å². The fourth-order valence-corrected chi connectivity index (χ4v) is 6.21. The number of aliphatic imine (C=N–C) groups is 2. The number of para-hydroxylation sites is 1. The minimum Gasteiger partial charge on any atom is -0.338 e. The molecule has 240 valence electrons. The Balaban J connectivity index is 1.66. The highest BCUT2D eigenvalue weighted by Gasteiger charge is 2.27. The molecule has 1 aliphatic rings. The normalized spacial score (nSPS) is 14.6. The highest BCUT2D eigenvalue weighted by Crippen LogP contribution is 2.39. The zero-order valence-corrected chi connectivity index (χ0v) is 28.8. The highest BCUT2D eigenvalue weighted by molar-refractivity contribution is 6.03. The van der Waals surface area contributed by atoms with Gasteiger partial charge in [0, 0.05) is 24.2 Å². The molecule has 0 aliphatic carbocycles. The molecule has 1 fully saturated rings. The van der Waals surface area contributed by atoms with Gasteiger partial charge in [-0.3, -0.25) is 0 Å². The maximum absolute atomic E-state index is 14.2. The summed E-state index contributed by atoms with van der Waals surface area (Å²) >= 11 is 0. The predicted molar refractivity (Wildman–Crippen MR) is 193 cm³/mol. The second kappa shape index (κ2) is 14.5. The van der Waals surface area contributed by atoms with Gasteiger partial charge in [-0.25, -0.2) is 14.4 Å². The lowest BCUT2D eigenvalue weighted by Crippen LogP contribution is -2.50. The predicted octanol–water partition coefficient (Wildman–Crippen LogP) is 10.6. The first-order chi connectivity index (χ1) is 22.0. The summed E-state index contributed by atoms with van der Waals surface area (Å²) in [6.45, 7) is 20.1. The van der Waals surface area contributed by atoms with Crippen molar-refractivity contribution in [3.63, 3.8) is 0 Å².